The molecule has 1 heterocycles. The highest BCUT2D eigenvalue weighted by molar-refractivity contribution is 6.39. The predicted octanol–water partition coefficient (Wildman–Crippen LogP) is 3.11. The smallest absolute Gasteiger partial charge is 0.263 e. The first-order chi connectivity index (χ1) is 10.6. The molecule has 1 atom stereocenters. The lowest BCUT2D eigenvalue weighted by molar-refractivity contribution is -0.117. The van der Waals surface area contributed by atoms with Gasteiger partial charge in [0.2, 0.25) is 0 Å². The number of carbonyl (C=O) groups excluding carboxylic acids is 1. The maximum Gasteiger partial charge on any atom is 0.263 e. The number of halogens is 2. The quantitative estimate of drug-likeness (QED) is 0.638. The number of para-hydroxylation sites is 1. The van der Waals surface area contributed by atoms with Gasteiger partial charge in [0.15, 0.2) is 0 Å². The van der Waals surface area contributed by atoms with Crippen molar-refractivity contribution >= 4 is 34.8 Å². The number of anilines is 1. The maximum absolute atomic E-state index is 12.0. The van der Waals surface area contributed by atoms with E-state index < -0.39 is 5.91 Å². The zero-order chi connectivity index (χ0) is 15.9. The lowest BCUT2D eigenvalue weighted by atomic mass is 10.2. The van der Waals surface area contributed by atoms with Gasteiger partial charge in [-0.05, 0) is 25.0 Å². The number of ether oxygens (including phenoxy) is 1. The van der Waals surface area contributed by atoms with Crippen LogP contribution in [-0.2, 0) is 9.53 Å². The van der Waals surface area contributed by atoms with Crippen LogP contribution >= 0.6 is 23.2 Å². The summed E-state index contributed by atoms with van der Waals surface area (Å²) in [7, 11) is 0. The molecule has 1 aliphatic rings. The molecule has 2 N–H and O–H groups in total. The van der Waals surface area contributed by atoms with Gasteiger partial charge in [-0.15, -0.1) is 0 Å². The van der Waals surface area contributed by atoms with Gasteiger partial charge >= 0.3 is 0 Å². The van der Waals surface area contributed by atoms with Gasteiger partial charge in [0.25, 0.3) is 5.91 Å². The molecular weight excluding hydrogens is 325 g/mol. The van der Waals surface area contributed by atoms with Gasteiger partial charge in [0.05, 0.1) is 21.8 Å². The number of benzene rings is 1. The zero-order valence-electron chi connectivity index (χ0n) is 11.7. The van der Waals surface area contributed by atoms with E-state index in [0.29, 0.717) is 28.9 Å². The molecule has 1 aliphatic heterocycles. The van der Waals surface area contributed by atoms with Gasteiger partial charge in [-0.2, -0.15) is 5.26 Å². The molecule has 0 saturated carbocycles. The number of hydrogen-bond donors (Lipinski definition) is 2. The fourth-order valence-corrected chi connectivity index (χ4v) is 2.54. The third kappa shape index (κ3) is 4.38. The third-order valence-corrected chi connectivity index (χ3v) is 3.83. The van der Waals surface area contributed by atoms with Crippen molar-refractivity contribution in [2.45, 2.75) is 18.9 Å². The number of amides is 1. The molecule has 2 rings (SSSR count). The Balaban J connectivity index is 1.98. The lowest BCUT2D eigenvalue weighted by Crippen LogP contribution is -2.32. The van der Waals surface area contributed by atoms with E-state index >= 15 is 0 Å². The molecule has 1 aromatic rings. The van der Waals surface area contributed by atoms with E-state index in [1.165, 1.54) is 6.20 Å². The molecule has 1 unspecified atom stereocenters. The molecule has 1 aromatic carbocycles. The number of nitriles is 1. The zero-order valence-corrected chi connectivity index (χ0v) is 13.2. The van der Waals surface area contributed by atoms with Crippen LogP contribution in [0.2, 0.25) is 10.0 Å². The highest BCUT2D eigenvalue weighted by Gasteiger charge is 2.17. The summed E-state index contributed by atoms with van der Waals surface area (Å²) in [5.74, 6) is -0.464. The molecule has 5 nitrogen and oxygen atoms in total. The minimum absolute atomic E-state index is 0.0230. The van der Waals surface area contributed by atoms with Crippen LogP contribution in [0.5, 0.6) is 0 Å². The molecule has 0 radical (unpaired) electrons. The minimum atomic E-state index is -0.464. The monoisotopic (exact) mass is 339 g/mol. The van der Waals surface area contributed by atoms with Crippen molar-refractivity contribution in [2.75, 3.05) is 18.5 Å². The molecule has 7 heteroatoms. The molecule has 1 saturated heterocycles. The Labute approximate surface area is 138 Å². The van der Waals surface area contributed by atoms with E-state index in [2.05, 4.69) is 10.6 Å². The summed E-state index contributed by atoms with van der Waals surface area (Å²) >= 11 is 12.0. The van der Waals surface area contributed by atoms with Gasteiger partial charge in [-0.1, -0.05) is 29.3 Å². The van der Waals surface area contributed by atoms with Crippen LogP contribution in [0.25, 0.3) is 0 Å². The summed E-state index contributed by atoms with van der Waals surface area (Å²) in [5, 5.41) is 15.4. The van der Waals surface area contributed by atoms with Gasteiger partial charge in [0.1, 0.15) is 11.6 Å². The molecule has 1 amide bonds. The summed E-state index contributed by atoms with van der Waals surface area (Å²) < 4.78 is 5.41. The largest absolute Gasteiger partial charge is 0.376 e. The van der Waals surface area contributed by atoms with E-state index in [9.17, 15) is 4.79 Å². The Bertz CT molecular complexity index is 599. The van der Waals surface area contributed by atoms with E-state index in [-0.39, 0.29) is 11.7 Å². The standard InChI is InChI=1S/C15H15Cl2N3O2/c16-12-4-1-5-13(17)14(12)19-8-10(7-18)15(21)20-9-11-3-2-6-22-11/h1,4-5,8,11,19H,2-3,6,9H2,(H,20,21)/b10-8-. The second-order valence-corrected chi connectivity index (χ2v) is 5.57. The van der Waals surface area contributed by atoms with E-state index in [4.69, 9.17) is 33.2 Å². The first-order valence-electron chi connectivity index (χ1n) is 6.82. The van der Waals surface area contributed by atoms with Crippen LogP contribution in [0.1, 0.15) is 12.8 Å². The summed E-state index contributed by atoms with van der Waals surface area (Å²) in [4.78, 5) is 12.0. The van der Waals surface area contributed by atoms with Crippen LogP contribution < -0.4 is 10.6 Å². The average Bonchev–Trinajstić information content (AvgIpc) is 3.01. The summed E-state index contributed by atoms with van der Waals surface area (Å²) in [5.41, 5.74) is 0.388. The van der Waals surface area contributed by atoms with Crippen LogP contribution in [-0.4, -0.2) is 25.2 Å². The average molecular weight is 340 g/mol. The topological polar surface area (TPSA) is 74.2 Å². The molecule has 0 bridgehead atoms. The molecule has 0 aliphatic carbocycles. The van der Waals surface area contributed by atoms with Crippen molar-refractivity contribution in [2.24, 2.45) is 0 Å². The van der Waals surface area contributed by atoms with Crippen molar-refractivity contribution in [3.05, 3.63) is 40.0 Å². The van der Waals surface area contributed by atoms with Crippen molar-refractivity contribution in [3.8, 4) is 6.07 Å². The van der Waals surface area contributed by atoms with Crippen LogP contribution in [0.4, 0.5) is 5.69 Å². The minimum Gasteiger partial charge on any atom is -0.376 e. The number of rotatable bonds is 5. The molecule has 116 valence electrons. The Morgan fingerprint density at radius 3 is 2.77 bits per heavy atom. The highest BCUT2D eigenvalue weighted by Crippen LogP contribution is 2.29. The Morgan fingerprint density at radius 1 is 1.45 bits per heavy atom. The Hall–Kier alpha value is -1.74. The van der Waals surface area contributed by atoms with Crippen molar-refractivity contribution < 1.29 is 9.53 Å². The normalized spacial score (nSPS) is 17.9. The molecular formula is C15H15Cl2N3O2. The van der Waals surface area contributed by atoms with Crippen molar-refractivity contribution in [1.82, 2.24) is 5.32 Å². The molecule has 0 spiro atoms. The van der Waals surface area contributed by atoms with E-state index in [1.54, 1.807) is 18.2 Å². The number of nitrogens with zero attached hydrogens (tertiary/aromatic N) is 1. The summed E-state index contributed by atoms with van der Waals surface area (Å²) in [6.07, 6.45) is 3.22. The second kappa shape index (κ2) is 8.04. The first-order valence-corrected chi connectivity index (χ1v) is 7.58. The van der Waals surface area contributed by atoms with Crippen LogP contribution in [0.15, 0.2) is 30.0 Å². The van der Waals surface area contributed by atoms with Gasteiger partial charge in [-0.25, -0.2) is 0 Å². The number of carbonyl (C=O) groups is 1. The fraction of sp³-hybridized carbons (Fsp3) is 0.333. The SMILES string of the molecule is N#C/C(=C/Nc1c(Cl)cccc1Cl)C(=O)NCC1CCCO1. The number of nitrogens with one attached hydrogen (secondary N) is 2. The first kappa shape index (κ1) is 16.6. The second-order valence-electron chi connectivity index (χ2n) is 4.76. The Kier molecular flexibility index (Phi) is 6.08. The van der Waals surface area contributed by atoms with Crippen LogP contribution in [0, 0.1) is 11.3 Å². The van der Waals surface area contributed by atoms with Gasteiger partial charge in [-0.3, -0.25) is 4.79 Å². The van der Waals surface area contributed by atoms with Gasteiger partial charge < -0.3 is 15.4 Å². The number of hydrogen-bond acceptors (Lipinski definition) is 4. The van der Waals surface area contributed by atoms with Gasteiger partial charge in [0, 0.05) is 19.4 Å². The molecule has 1 fully saturated rings. The van der Waals surface area contributed by atoms with E-state index in [0.717, 1.165) is 12.8 Å². The fourth-order valence-electron chi connectivity index (χ4n) is 2.04. The third-order valence-electron chi connectivity index (χ3n) is 3.20. The maximum atomic E-state index is 12.0. The van der Waals surface area contributed by atoms with Crippen molar-refractivity contribution in [3.63, 3.8) is 0 Å². The van der Waals surface area contributed by atoms with Crippen LogP contribution in [0.3, 0.4) is 0 Å². The highest BCUT2D eigenvalue weighted by atomic mass is 35.5. The summed E-state index contributed by atoms with van der Waals surface area (Å²) in [6, 6.07) is 6.87. The Morgan fingerprint density at radius 2 is 2.18 bits per heavy atom. The van der Waals surface area contributed by atoms with E-state index in [1.807, 2.05) is 6.07 Å². The predicted molar refractivity (Wildman–Crippen MR) is 85.8 cm³/mol. The molecule has 0 aromatic heterocycles. The lowest BCUT2D eigenvalue weighted by Gasteiger charge is -2.10. The molecule has 22 heavy (non-hydrogen) atoms. The van der Waals surface area contributed by atoms with Crippen molar-refractivity contribution in [1.29, 1.82) is 5.26 Å². The summed E-state index contributed by atoms with van der Waals surface area (Å²) in [6.45, 7) is 1.11.